The lowest BCUT2D eigenvalue weighted by molar-refractivity contribution is 1.29. The molecule has 8 heteroatoms. The molecular weight excluding hydrogens is 785 g/mol. The van der Waals surface area contributed by atoms with Gasteiger partial charge >= 0.3 is 0 Å². The smallest absolute Gasteiger partial charge is 0.0894 e. The Labute approximate surface area is 370 Å². The Kier molecular flexibility index (Phi) is 12.7. The Morgan fingerprint density at radius 3 is 0.547 bits per heavy atom. The van der Waals surface area contributed by atoms with E-state index in [4.69, 9.17) is 0 Å². The van der Waals surface area contributed by atoms with Crippen LogP contribution in [-0.4, -0.2) is 39.9 Å². The van der Waals surface area contributed by atoms with Crippen molar-refractivity contribution in [3.63, 3.8) is 0 Å². The van der Waals surface area contributed by atoms with Crippen molar-refractivity contribution in [2.75, 3.05) is 0 Å². The number of rotatable bonds is 4. The maximum Gasteiger partial charge on any atom is 0.0894 e. The Morgan fingerprint density at radius 1 is 0.172 bits per heavy atom. The van der Waals surface area contributed by atoms with E-state index in [2.05, 4.69) is 39.9 Å². The summed E-state index contributed by atoms with van der Waals surface area (Å²) in [4.78, 5) is 35.9. The second kappa shape index (κ2) is 20.1. The van der Waals surface area contributed by atoms with Gasteiger partial charge in [-0.15, -0.1) is 0 Å². The van der Waals surface area contributed by atoms with Crippen molar-refractivity contribution in [2.45, 2.75) is 0 Å². The number of benzene rings is 8. The summed E-state index contributed by atoms with van der Waals surface area (Å²) >= 11 is 0. The molecule has 0 radical (unpaired) electrons. The maximum absolute atomic E-state index is 4.58. The monoisotopic (exact) mass is 824 g/mol. The highest BCUT2D eigenvalue weighted by molar-refractivity contribution is 5.79. The van der Waals surface area contributed by atoms with E-state index in [9.17, 15) is 0 Å². The molecule has 0 fully saturated rings. The van der Waals surface area contributed by atoms with E-state index in [-0.39, 0.29) is 0 Å². The normalized spacial score (nSPS) is 10.5. The van der Waals surface area contributed by atoms with E-state index in [0.29, 0.717) is 0 Å². The lowest BCUT2D eigenvalue weighted by Crippen LogP contribution is -1.87. The molecule has 4 aromatic heterocycles. The third-order valence-corrected chi connectivity index (χ3v) is 10.1. The fraction of sp³-hybridized carbons (Fsp3) is 0. The van der Waals surface area contributed by atoms with Gasteiger partial charge in [-0.05, 0) is 48.5 Å². The number of hydrogen-bond acceptors (Lipinski definition) is 8. The van der Waals surface area contributed by atoms with Crippen LogP contribution < -0.4 is 0 Å². The third-order valence-electron chi connectivity index (χ3n) is 10.1. The van der Waals surface area contributed by atoms with Crippen LogP contribution in [-0.2, 0) is 0 Å². The molecule has 0 aliphatic carbocycles. The quantitative estimate of drug-likeness (QED) is 0.173. The molecular formula is C56H40N8. The Morgan fingerprint density at radius 2 is 0.344 bits per heavy atom. The van der Waals surface area contributed by atoms with Crippen molar-refractivity contribution < 1.29 is 0 Å². The minimum Gasteiger partial charge on any atom is -0.252 e. The molecule has 12 aromatic rings. The molecule has 0 N–H and O–H groups in total. The van der Waals surface area contributed by atoms with E-state index in [1.807, 2.05) is 243 Å². The lowest BCUT2D eigenvalue weighted by Gasteiger charge is -2.01. The van der Waals surface area contributed by atoms with Crippen molar-refractivity contribution >= 4 is 44.1 Å². The first-order valence-electron chi connectivity index (χ1n) is 20.8. The fourth-order valence-electron chi connectivity index (χ4n) is 6.82. The minimum absolute atomic E-state index is 0.916. The van der Waals surface area contributed by atoms with Crippen LogP contribution in [0.4, 0.5) is 0 Å². The van der Waals surface area contributed by atoms with Crippen molar-refractivity contribution in [3.8, 4) is 45.0 Å². The van der Waals surface area contributed by atoms with Gasteiger partial charge in [0.15, 0.2) is 0 Å². The van der Waals surface area contributed by atoms with Crippen molar-refractivity contribution in [3.05, 3.63) is 243 Å². The highest BCUT2D eigenvalue weighted by Crippen LogP contribution is 2.22. The van der Waals surface area contributed by atoms with Crippen LogP contribution in [0.25, 0.3) is 89.2 Å². The molecule has 8 aromatic carbocycles. The highest BCUT2D eigenvalue weighted by atomic mass is 14.8. The second-order valence-electron chi connectivity index (χ2n) is 14.4. The van der Waals surface area contributed by atoms with Gasteiger partial charge in [-0.3, -0.25) is 19.9 Å². The Hall–Kier alpha value is -8.88. The highest BCUT2D eigenvalue weighted by Gasteiger charge is 2.04. The molecule has 0 saturated heterocycles. The van der Waals surface area contributed by atoms with Gasteiger partial charge in [-0.1, -0.05) is 170 Å². The van der Waals surface area contributed by atoms with Crippen LogP contribution in [0.3, 0.4) is 0 Å². The summed E-state index contributed by atoms with van der Waals surface area (Å²) in [5, 5.41) is 0. The van der Waals surface area contributed by atoms with Crippen molar-refractivity contribution in [1.82, 2.24) is 39.9 Å². The van der Waals surface area contributed by atoms with E-state index >= 15 is 0 Å². The van der Waals surface area contributed by atoms with Crippen LogP contribution in [0.1, 0.15) is 0 Å². The molecule has 0 bridgehead atoms. The topological polar surface area (TPSA) is 103 Å². The molecule has 0 aliphatic heterocycles. The SMILES string of the molecule is c1ccc(-c2cnc3ccccc3n2)cc1.c1ccc(-c2cnc3ccccc3n2)cc1.c1ccc(-c2cnc3ccccc3n2)cc1.c1ccc(-c2cnc3ccccc3n2)cc1. The van der Waals surface area contributed by atoms with Crippen LogP contribution in [0.2, 0.25) is 0 Å². The average molecular weight is 825 g/mol. The van der Waals surface area contributed by atoms with Crippen LogP contribution in [0, 0.1) is 0 Å². The summed E-state index contributed by atoms with van der Waals surface area (Å²) < 4.78 is 0. The zero-order valence-corrected chi connectivity index (χ0v) is 34.7. The van der Waals surface area contributed by atoms with Crippen LogP contribution >= 0.6 is 0 Å². The zero-order chi connectivity index (χ0) is 43.2. The molecule has 4 heterocycles. The van der Waals surface area contributed by atoms with Gasteiger partial charge in [-0.25, -0.2) is 19.9 Å². The molecule has 0 spiro atoms. The summed E-state index contributed by atoms with van der Waals surface area (Å²) in [6.07, 6.45) is 7.27. The molecule has 0 atom stereocenters. The van der Waals surface area contributed by atoms with Crippen molar-refractivity contribution in [2.24, 2.45) is 0 Å². The second-order valence-corrected chi connectivity index (χ2v) is 14.4. The predicted molar refractivity (Wildman–Crippen MR) is 260 cm³/mol. The van der Waals surface area contributed by atoms with Gasteiger partial charge in [0.2, 0.25) is 0 Å². The van der Waals surface area contributed by atoms with Gasteiger partial charge in [0.25, 0.3) is 0 Å². The molecule has 0 unspecified atom stereocenters. The maximum atomic E-state index is 4.58. The van der Waals surface area contributed by atoms with Gasteiger partial charge < -0.3 is 0 Å². The summed E-state index contributed by atoms with van der Waals surface area (Å²) in [7, 11) is 0. The van der Waals surface area contributed by atoms with E-state index in [1.165, 1.54) is 0 Å². The first kappa shape index (κ1) is 40.5. The number of aromatic nitrogens is 8. The first-order chi connectivity index (χ1) is 31.7. The first-order valence-corrected chi connectivity index (χ1v) is 20.8. The lowest BCUT2D eigenvalue weighted by atomic mass is 10.1. The van der Waals surface area contributed by atoms with Crippen molar-refractivity contribution in [1.29, 1.82) is 0 Å². The van der Waals surface area contributed by atoms with Crippen LogP contribution in [0.15, 0.2) is 243 Å². The summed E-state index contributed by atoms with van der Waals surface area (Å²) in [5.74, 6) is 0. The van der Waals surface area contributed by atoms with E-state index < -0.39 is 0 Å². The van der Waals surface area contributed by atoms with Gasteiger partial charge in [0.05, 0.1) is 91.7 Å². The number of para-hydroxylation sites is 8. The van der Waals surface area contributed by atoms with E-state index in [1.54, 1.807) is 0 Å². The standard InChI is InChI=1S/4C14H10N2/c4*1-2-6-11(7-3-1)14-10-15-12-8-4-5-9-13(12)16-14/h4*1-10H. The Bertz CT molecular complexity index is 2930. The minimum atomic E-state index is 0.916. The molecule has 8 nitrogen and oxygen atoms in total. The summed E-state index contributed by atoms with van der Waals surface area (Å²) in [6, 6.07) is 72.0. The molecule has 12 rings (SSSR count). The van der Waals surface area contributed by atoms with Crippen LogP contribution in [0.5, 0.6) is 0 Å². The number of nitrogens with zero attached hydrogens (tertiary/aromatic N) is 8. The third kappa shape index (κ3) is 10.2. The molecule has 64 heavy (non-hydrogen) atoms. The largest absolute Gasteiger partial charge is 0.252 e. The van der Waals surface area contributed by atoms with Gasteiger partial charge in [-0.2, -0.15) is 0 Å². The predicted octanol–water partition coefficient (Wildman–Crippen LogP) is 13.2. The molecule has 304 valence electrons. The summed E-state index contributed by atoms with van der Waals surface area (Å²) in [6.45, 7) is 0. The average Bonchev–Trinajstić information content (AvgIpc) is 3.39. The Balaban J connectivity index is 0.000000108. The molecule has 0 aliphatic rings. The van der Waals surface area contributed by atoms with Gasteiger partial charge in [0.1, 0.15) is 0 Å². The van der Waals surface area contributed by atoms with Gasteiger partial charge in [0, 0.05) is 22.3 Å². The molecule has 0 amide bonds. The number of fused-ring (bicyclic) bond motifs is 4. The van der Waals surface area contributed by atoms with E-state index in [0.717, 1.165) is 89.2 Å². The molecule has 0 saturated carbocycles. The summed E-state index contributed by atoms with van der Waals surface area (Å²) in [5.41, 5.74) is 15.5. The fourth-order valence-corrected chi connectivity index (χ4v) is 6.82. The number of hydrogen-bond donors (Lipinski definition) is 0. The zero-order valence-electron chi connectivity index (χ0n) is 34.7.